The Morgan fingerprint density at radius 3 is 2.30 bits per heavy atom. The molecule has 1 saturated carbocycles. The first-order valence-electron chi connectivity index (χ1n) is 7.07. The molecule has 20 heavy (non-hydrogen) atoms. The first kappa shape index (κ1) is 13.7. The number of carbonyl (C=O) groups excluding carboxylic acids is 2. The normalized spacial score (nSPS) is 49.6. The fraction of sp³-hybridized carbons (Fsp3) is 0.625. The molecule has 4 heteroatoms. The molecular formula is C16H20O4. The van der Waals surface area contributed by atoms with E-state index < -0.39 is 10.8 Å². The number of aliphatic hydroxyl groups is 2. The van der Waals surface area contributed by atoms with Crippen molar-refractivity contribution >= 4 is 11.6 Å². The number of ketones is 2. The van der Waals surface area contributed by atoms with Crippen molar-refractivity contribution in [2.24, 2.45) is 34.5 Å². The van der Waals surface area contributed by atoms with E-state index in [1.807, 2.05) is 18.2 Å². The molecule has 0 amide bonds. The topological polar surface area (TPSA) is 74.6 Å². The van der Waals surface area contributed by atoms with Gasteiger partial charge in [-0.05, 0) is 37.7 Å². The maximum Gasteiger partial charge on any atom is 0.163 e. The summed E-state index contributed by atoms with van der Waals surface area (Å²) in [5.41, 5.74) is -1.72. The van der Waals surface area contributed by atoms with Crippen LogP contribution in [0.25, 0.3) is 0 Å². The molecule has 0 saturated heterocycles. The Hall–Kier alpha value is -1.26. The first-order valence-corrected chi connectivity index (χ1v) is 7.07. The monoisotopic (exact) mass is 276 g/mol. The average Bonchev–Trinajstić information content (AvgIpc) is 2.47. The third-order valence-corrected chi connectivity index (χ3v) is 5.77. The highest BCUT2D eigenvalue weighted by molar-refractivity contribution is 5.98. The molecule has 4 aliphatic rings. The third kappa shape index (κ3) is 1.38. The number of hydrogen-bond acceptors (Lipinski definition) is 4. The van der Waals surface area contributed by atoms with Gasteiger partial charge in [0.1, 0.15) is 5.78 Å². The number of allylic oxidation sites excluding steroid dienone is 4. The van der Waals surface area contributed by atoms with Crippen LogP contribution >= 0.6 is 0 Å². The molecule has 4 rings (SSSR count). The summed E-state index contributed by atoms with van der Waals surface area (Å²) < 4.78 is 0. The van der Waals surface area contributed by atoms with Crippen molar-refractivity contribution in [2.75, 3.05) is 13.2 Å². The van der Waals surface area contributed by atoms with E-state index in [0.29, 0.717) is 0 Å². The van der Waals surface area contributed by atoms with Gasteiger partial charge < -0.3 is 10.2 Å². The molecule has 6 atom stereocenters. The highest BCUT2D eigenvalue weighted by atomic mass is 16.3. The Balaban J connectivity index is 2.17. The lowest BCUT2D eigenvalue weighted by atomic mass is 9.44. The quantitative estimate of drug-likeness (QED) is 0.730. The van der Waals surface area contributed by atoms with E-state index in [-0.39, 0.29) is 48.5 Å². The van der Waals surface area contributed by atoms with Crippen LogP contribution in [0.15, 0.2) is 24.3 Å². The maximum atomic E-state index is 12.6. The summed E-state index contributed by atoms with van der Waals surface area (Å²) in [6.45, 7) is 3.09. The second-order valence-electron chi connectivity index (χ2n) is 6.78. The molecule has 0 aromatic rings. The Morgan fingerprint density at radius 2 is 1.70 bits per heavy atom. The van der Waals surface area contributed by atoms with Crippen LogP contribution in [-0.4, -0.2) is 35.0 Å². The summed E-state index contributed by atoms with van der Waals surface area (Å²) in [5, 5.41) is 19.5. The summed E-state index contributed by atoms with van der Waals surface area (Å²) in [6.07, 6.45) is 7.20. The van der Waals surface area contributed by atoms with Gasteiger partial charge in [0.05, 0.1) is 24.0 Å². The van der Waals surface area contributed by atoms with Gasteiger partial charge in [0.2, 0.25) is 0 Å². The molecule has 0 aromatic carbocycles. The van der Waals surface area contributed by atoms with Crippen molar-refractivity contribution in [3.05, 3.63) is 24.3 Å². The van der Waals surface area contributed by atoms with Crippen molar-refractivity contribution in [1.29, 1.82) is 0 Å². The van der Waals surface area contributed by atoms with E-state index in [1.165, 1.54) is 6.08 Å². The molecule has 0 aromatic heterocycles. The number of rotatable bonds is 2. The lowest BCUT2D eigenvalue weighted by Crippen LogP contribution is -2.62. The van der Waals surface area contributed by atoms with Gasteiger partial charge >= 0.3 is 0 Å². The second kappa shape index (κ2) is 4.12. The Labute approximate surface area is 118 Å². The standard InChI is InChI=1S/C16H20O4/c1-15(7-17)11-5-3-10(14(15)20)9-4-6-12(19)16(2,8-18)13(9)11/h3-6,9-11,13,17-18H,7-8H2,1-2H3. The molecule has 108 valence electrons. The van der Waals surface area contributed by atoms with E-state index in [0.717, 1.165) is 0 Å². The minimum absolute atomic E-state index is 0.0491. The minimum atomic E-state index is -0.871. The van der Waals surface area contributed by atoms with Gasteiger partial charge in [-0.3, -0.25) is 9.59 Å². The fourth-order valence-electron chi connectivity index (χ4n) is 4.35. The zero-order valence-corrected chi connectivity index (χ0v) is 11.7. The molecule has 2 bridgehead atoms. The van der Waals surface area contributed by atoms with Crippen LogP contribution < -0.4 is 0 Å². The van der Waals surface area contributed by atoms with Crippen molar-refractivity contribution < 1.29 is 19.8 Å². The number of Topliss-reactive ketones (excluding diaryl/α,β-unsaturated/α-hetero) is 1. The fourth-order valence-corrected chi connectivity index (χ4v) is 4.35. The van der Waals surface area contributed by atoms with Crippen molar-refractivity contribution in [3.8, 4) is 0 Å². The van der Waals surface area contributed by atoms with Crippen molar-refractivity contribution in [3.63, 3.8) is 0 Å². The van der Waals surface area contributed by atoms with Crippen LogP contribution in [0.2, 0.25) is 0 Å². The molecule has 0 aliphatic heterocycles. The molecule has 2 N–H and O–H groups in total. The van der Waals surface area contributed by atoms with Gasteiger partial charge in [0.15, 0.2) is 5.78 Å². The summed E-state index contributed by atoms with van der Waals surface area (Å²) in [6, 6.07) is 0. The van der Waals surface area contributed by atoms with E-state index in [1.54, 1.807) is 13.8 Å². The lowest BCUT2D eigenvalue weighted by Gasteiger charge is -2.57. The highest BCUT2D eigenvalue weighted by Crippen LogP contribution is 2.59. The summed E-state index contributed by atoms with van der Waals surface area (Å²) in [7, 11) is 0. The molecule has 4 aliphatic carbocycles. The molecule has 1 fully saturated rings. The predicted molar refractivity (Wildman–Crippen MR) is 72.6 cm³/mol. The molecule has 4 nitrogen and oxygen atoms in total. The zero-order chi connectivity index (χ0) is 14.7. The predicted octanol–water partition coefficient (Wildman–Crippen LogP) is 0.740. The smallest absolute Gasteiger partial charge is 0.163 e. The van der Waals surface area contributed by atoms with Crippen molar-refractivity contribution in [1.82, 2.24) is 0 Å². The molecular weight excluding hydrogens is 256 g/mol. The lowest BCUT2D eigenvalue weighted by molar-refractivity contribution is -0.159. The SMILES string of the molecule is CC1(CO)C(=O)C2C=CC1C1C2C=CC(=O)C1(C)CO. The Kier molecular flexibility index (Phi) is 2.82. The number of aliphatic hydroxyl groups excluding tert-OH is 2. The zero-order valence-electron chi connectivity index (χ0n) is 11.7. The number of fused-ring (bicyclic) bond motifs is 1. The number of hydrogen-bond donors (Lipinski definition) is 2. The van der Waals surface area contributed by atoms with Gasteiger partial charge in [0.25, 0.3) is 0 Å². The molecule has 0 spiro atoms. The molecule has 6 unspecified atom stereocenters. The summed E-state index contributed by atoms with van der Waals surface area (Å²) in [4.78, 5) is 24.8. The number of carbonyl (C=O) groups is 2. The Morgan fingerprint density at radius 1 is 1.05 bits per heavy atom. The third-order valence-electron chi connectivity index (χ3n) is 5.77. The van der Waals surface area contributed by atoms with Crippen molar-refractivity contribution in [2.45, 2.75) is 13.8 Å². The van der Waals surface area contributed by atoms with Gasteiger partial charge in [-0.1, -0.05) is 18.2 Å². The molecule has 0 heterocycles. The van der Waals surface area contributed by atoms with Gasteiger partial charge in [-0.15, -0.1) is 0 Å². The first-order chi connectivity index (χ1) is 9.40. The van der Waals surface area contributed by atoms with E-state index in [4.69, 9.17) is 0 Å². The van der Waals surface area contributed by atoms with E-state index in [2.05, 4.69) is 0 Å². The Bertz CT molecular complexity index is 535. The van der Waals surface area contributed by atoms with Crippen LogP contribution in [-0.2, 0) is 9.59 Å². The van der Waals surface area contributed by atoms with E-state index >= 15 is 0 Å². The van der Waals surface area contributed by atoms with Crippen LogP contribution in [0.4, 0.5) is 0 Å². The largest absolute Gasteiger partial charge is 0.395 e. The van der Waals surface area contributed by atoms with Crippen LogP contribution in [0.1, 0.15) is 13.8 Å². The van der Waals surface area contributed by atoms with Crippen LogP contribution in [0, 0.1) is 34.5 Å². The van der Waals surface area contributed by atoms with Gasteiger partial charge in [0, 0.05) is 5.92 Å². The van der Waals surface area contributed by atoms with Gasteiger partial charge in [-0.2, -0.15) is 0 Å². The highest BCUT2D eigenvalue weighted by Gasteiger charge is 2.63. The summed E-state index contributed by atoms with van der Waals surface area (Å²) in [5.74, 6) is -0.719. The van der Waals surface area contributed by atoms with Gasteiger partial charge in [-0.25, -0.2) is 0 Å². The minimum Gasteiger partial charge on any atom is -0.395 e. The molecule has 0 radical (unpaired) electrons. The van der Waals surface area contributed by atoms with Crippen LogP contribution in [0.5, 0.6) is 0 Å². The summed E-state index contributed by atoms with van der Waals surface area (Å²) >= 11 is 0. The maximum absolute atomic E-state index is 12.6. The van der Waals surface area contributed by atoms with Crippen LogP contribution in [0.3, 0.4) is 0 Å². The average molecular weight is 276 g/mol. The second-order valence-corrected chi connectivity index (χ2v) is 6.78. The van der Waals surface area contributed by atoms with E-state index in [9.17, 15) is 19.8 Å².